The molecule has 0 aliphatic carbocycles. The van der Waals surface area contributed by atoms with Crippen molar-refractivity contribution in [3.63, 3.8) is 0 Å². The number of hydrogen-bond acceptors (Lipinski definition) is 3. The number of hydrogen-bond donors (Lipinski definition) is 1. The van der Waals surface area contributed by atoms with Gasteiger partial charge in [0, 0.05) is 19.1 Å². The Morgan fingerprint density at radius 3 is 2.67 bits per heavy atom. The van der Waals surface area contributed by atoms with Gasteiger partial charge in [-0.1, -0.05) is 6.42 Å². The van der Waals surface area contributed by atoms with E-state index in [1.807, 2.05) is 0 Å². The summed E-state index contributed by atoms with van der Waals surface area (Å²) in [5, 5.41) is 0. The number of likely N-dealkylation sites (tertiary alicyclic amines) is 1. The molecule has 2 fully saturated rings. The Hall–Kier alpha value is -0.120. The average Bonchev–Trinajstić information content (AvgIpc) is 2.69. The summed E-state index contributed by atoms with van der Waals surface area (Å²) >= 11 is 0. The van der Waals surface area contributed by atoms with Gasteiger partial charge in [-0.15, -0.1) is 0 Å². The van der Waals surface area contributed by atoms with Crippen molar-refractivity contribution in [2.75, 3.05) is 19.6 Å². The first kappa shape index (κ1) is 11.4. The fourth-order valence-corrected chi connectivity index (χ4v) is 2.78. The monoisotopic (exact) mass is 212 g/mol. The maximum absolute atomic E-state index is 5.89. The molecule has 3 nitrogen and oxygen atoms in total. The van der Waals surface area contributed by atoms with Crippen molar-refractivity contribution in [1.82, 2.24) is 4.90 Å². The predicted octanol–water partition coefficient (Wildman–Crippen LogP) is 1.37. The Balaban J connectivity index is 1.76. The molecule has 15 heavy (non-hydrogen) atoms. The van der Waals surface area contributed by atoms with Crippen LogP contribution in [0.4, 0.5) is 0 Å². The van der Waals surface area contributed by atoms with Gasteiger partial charge in [0.25, 0.3) is 0 Å². The molecule has 0 aromatic carbocycles. The second-order valence-electron chi connectivity index (χ2n) is 5.03. The summed E-state index contributed by atoms with van der Waals surface area (Å²) in [6, 6.07) is 0.749. The molecule has 0 aromatic heterocycles. The molecule has 88 valence electrons. The highest BCUT2D eigenvalue weighted by Gasteiger charge is 2.28. The summed E-state index contributed by atoms with van der Waals surface area (Å²) in [5.41, 5.74) is 5.62. The van der Waals surface area contributed by atoms with Crippen LogP contribution in [-0.4, -0.2) is 42.8 Å². The van der Waals surface area contributed by atoms with E-state index in [0.717, 1.165) is 19.0 Å². The van der Waals surface area contributed by atoms with Crippen LogP contribution < -0.4 is 5.73 Å². The van der Waals surface area contributed by atoms with Crippen molar-refractivity contribution in [3.05, 3.63) is 0 Å². The number of rotatable bonds is 3. The molecule has 0 bridgehead atoms. The standard InChI is InChI=1S/C12H24N2O/c1-10-4-2-3-7-14(10)9-12-6-5-11(8-13)15-12/h10-12H,2-9,13H2,1H3. The maximum Gasteiger partial charge on any atom is 0.0707 e. The molecule has 0 saturated carbocycles. The van der Waals surface area contributed by atoms with Gasteiger partial charge in [0.1, 0.15) is 0 Å². The third kappa shape index (κ3) is 2.92. The first-order valence-electron chi connectivity index (χ1n) is 6.39. The Kier molecular flexibility index (Phi) is 4.00. The molecule has 0 radical (unpaired) electrons. The van der Waals surface area contributed by atoms with Gasteiger partial charge in [-0.05, 0) is 39.2 Å². The second kappa shape index (κ2) is 5.28. The van der Waals surface area contributed by atoms with Gasteiger partial charge in [0.2, 0.25) is 0 Å². The molecule has 3 heteroatoms. The van der Waals surface area contributed by atoms with E-state index in [9.17, 15) is 0 Å². The lowest BCUT2D eigenvalue weighted by Crippen LogP contribution is -2.42. The molecule has 0 spiro atoms. The molecule has 0 aromatic rings. The van der Waals surface area contributed by atoms with Crippen LogP contribution in [0.15, 0.2) is 0 Å². The highest BCUT2D eigenvalue weighted by molar-refractivity contribution is 4.80. The summed E-state index contributed by atoms with van der Waals surface area (Å²) in [5.74, 6) is 0. The van der Waals surface area contributed by atoms with Crippen molar-refractivity contribution in [2.24, 2.45) is 5.73 Å². The van der Waals surface area contributed by atoms with Gasteiger partial charge in [0.15, 0.2) is 0 Å². The van der Waals surface area contributed by atoms with Gasteiger partial charge in [-0.2, -0.15) is 0 Å². The Morgan fingerprint density at radius 1 is 1.20 bits per heavy atom. The predicted molar refractivity (Wildman–Crippen MR) is 61.8 cm³/mol. The SMILES string of the molecule is CC1CCCCN1CC1CCC(CN)O1. The van der Waals surface area contributed by atoms with Crippen LogP contribution in [0.2, 0.25) is 0 Å². The van der Waals surface area contributed by atoms with Gasteiger partial charge in [-0.25, -0.2) is 0 Å². The smallest absolute Gasteiger partial charge is 0.0707 e. The van der Waals surface area contributed by atoms with Gasteiger partial charge in [0.05, 0.1) is 12.2 Å². The lowest BCUT2D eigenvalue weighted by molar-refractivity contribution is 0.0128. The third-order valence-electron chi connectivity index (χ3n) is 3.84. The van der Waals surface area contributed by atoms with E-state index in [-0.39, 0.29) is 0 Å². The number of nitrogens with zero attached hydrogens (tertiary/aromatic N) is 1. The van der Waals surface area contributed by atoms with Crippen LogP contribution >= 0.6 is 0 Å². The van der Waals surface area contributed by atoms with Crippen molar-refractivity contribution in [3.8, 4) is 0 Å². The minimum Gasteiger partial charge on any atom is -0.372 e. The summed E-state index contributed by atoms with van der Waals surface area (Å²) in [4.78, 5) is 2.59. The molecule has 2 aliphatic rings. The molecule has 3 unspecified atom stereocenters. The Morgan fingerprint density at radius 2 is 2.00 bits per heavy atom. The summed E-state index contributed by atoms with van der Waals surface area (Å²) in [7, 11) is 0. The average molecular weight is 212 g/mol. The highest BCUT2D eigenvalue weighted by atomic mass is 16.5. The van der Waals surface area contributed by atoms with Crippen molar-refractivity contribution < 1.29 is 4.74 Å². The first-order valence-corrected chi connectivity index (χ1v) is 6.39. The molecule has 2 heterocycles. The number of nitrogens with two attached hydrogens (primary N) is 1. The van der Waals surface area contributed by atoms with Gasteiger partial charge in [-0.3, -0.25) is 4.90 Å². The largest absolute Gasteiger partial charge is 0.372 e. The van der Waals surface area contributed by atoms with E-state index in [1.54, 1.807) is 0 Å². The van der Waals surface area contributed by atoms with Crippen LogP contribution in [0.1, 0.15) is 39.0 Å². The zero-order chi connectivity index (χ0) is 10.7. The summed E-state index contributed by atoms with van der Waals surface area (Å²) < 4.78 is 5.89. The van der Waals surface area contributed by atoms with Gasteiger partial charge >= 0.3 is 0 Å². The van der Waals surface area contributed by atoms with Crippen LogP contribution in [0.25, 0.3) is 0 Å². The molecule has 0 amide bonds. The highest BCUT2D eigenvalue weighted by Crippen LogP contribution is 2.23. The molecule has 2 rings (SSSR count). The van der Waals surface area contributed by atoms with E-state index in [1.165, 1.54) is 32.2 Å². The van der Waals surface area contributed by atoms with Crippen LogP contribution in [0.3, 0.4) is 0 Å². The van der Waals surface area contributed by atoms with Crippen molar-refractivity contribution >= 4 is 0 Å². The summed E-state index contributed by atoms with van der Waals surface area (Å²) in [6.45, 7) is 5.41. The van der Waals surface area contributed by atoms with Crippen molar-refractivity contribution in [2.45, 2.75) is 57.3 Å². The lowest BCUT2D eigenvalue weighted by atomic mass is 10.0. The zero-order valence-corrected chi connectivity index (χ0v) is 9.82. The van der Waals surface area contributed by atoms with E-state index in [4.69, 9.17) is 10.5 Å². The van der Waals surface area contributed by atoms with Crippen LogP contribution in [0, 0.1) is 0 Å². The fourth-order valence-electron chi connectivity index (χ4n) is 2.78. The van der Waals surface area contributed by atoms with E-state index < -0.39 is 0 Å². The third-order valence-corrected chi connectivity index (χ3v) is 3.84. The maximum atomic E-state index is 5.89. The zero-order valence-electron chi connectivity index (χ0n) is 9.82. The topological polar surface area (TPSA) is 38.5 Å². The van der Waals surface area contributed by atoms with E-state index in [0.29, 0.717) is 18.8 Å². The lowest BCUT2D eigenvalue weighted by Gasteiger charge is -2.34. The minimum absolute atomic E-state index is 0.329. The Labute approximate surface area is 93.0 Å². The molecular formula is C12H24N2O. The first-order chi connectivity index (χ1) is 7.29. The molecule has 3 atom stereocenters. The van der Waals surface area contributed by atoms with E-state index in [2.05, 4.69) is 11.8 Å². The van der Waals surface area contributed by atoms with Crippen molar-refractivity contribution in [1.29, 1.82) is 0 Å². The summed E-state index contributed by atoms with van der Waals surface area (Å²) in [6.07, 6.45) is 7.24. The molecular weight excluding hydrogens is 188 g/mol. The minimum atomic E-state index is 0.329. The Bertz CT molecular complexity index is 198. The normalized spacial score (nSPS) is 38.4. The number of piperidine rings is 1. The van der Waals surface area contributed by atoms with Gasteiger partial charge < -0.3 is 10.5 Å². The number of ether oxygens (including phenoxy) is 1. The molecule has 2 saturated heterocycles. The van der Waals surface area contributed by atoms with E-state index >= 15 is 0 Å². The second-order valence-corrected chi connectivity index (χ2v) is 5.03. The molecule has 2 aliphatic heterocycles. The van der Waals surface area contributed by atoms with Crippen LogP contribution in [-0.2, 0) is 4.74 Å². The van der Waals surface area contributed by atoms with Crippen LogP contribution in [0.5, 0.6) is 0 Å². The molecule has 2 N–H and O–H groups in total. The quantitative estimate of drug-likeness (QED) is 0.768. The fraction of sp³-hybridized carbons (Fsp3) is 1.00.